The number of nitrogens with one attached hydrogen (secondary N) is 1. The summed E-state index contributed by atoms with van der Waals surface area (Å²) in [5.41, 5.74) is 4.12. The van der Waals surface area contributed by atoms with E-state index in [1.165, 1.54) is 0 Å². The molecule has 0 aliphatic carbocycles. The summed E-state index contributed by atoms with van der Waals surface area (Å²) in [5, 5.41) is 4.05. The predicted molar refractivity (Wildman–Crippen MR) is 73.5 cm³/mol. The third-order valence-electron chi connectivity index (χ3n) is 3.10. The van der Waals surface area contributed by atoms with Crippen molar-refractivity contribution in [3.63, 3.8) is 0 Å². The van der Waals surface area contributed by atoms with Crippen LogP contribution in [0.1, 0.15) is 37.4 Å². The number of hydrogen-bond donors (Lipinski definition) is 1. The van der Waals surface area contributed by atoms with Gasteiger partial charge in [0.05, 0.1) is 19.6 Å². The average Bonchev–Trinajstić information content (AvgIpc) is 2.92. The van der Waals surface area contributed by atoms with Gasteiger partial charge in [0.2, 0.25) is 5.91 Å². The number of carbonyl (C=O) groups excluding carboxylic acids is 1. The lowest BCUT2D eigenvalue weighted by Gasteiger charge is -2.20. The Kier molecular flexibility index (Phi) is 4.25. The number of hydrogen-bond acceptors (Lipinski definition) is 5. The first kappa shape index (κ1) is 14.7. The molecule has 1 aliphatic rings. The average molecular weight is 280 g/mol. The highest BCUT2D eigenvalue weighted by atomic mass is 16.7. The lowest BCUT2D eigenvalue weighted by Crippen LogP contribution is -2.33. The van der Waals surface area contributed by atoms with Gasteiger partial charge in [0.1, 0.15) is 11.5 Å². The molecule has 0 saturated carbocycles. The first-order valence-electron chi connectivity index (χ1n) is 6.58. The lowest BCUT2D eigenvalue weighted by molar-refractivity contribution is -0.159. The van der Waals surface area contributed by atoms with Crippen LogP contribution in [0.2, 0.25) is 0 Å². The third kappa shape index (κ3) is 3.46. The summed E-state index contributed by atoms with van der Waals surface area (Å²) in [7, 11) is 0. The van der Waals surface area contributed by atoms with E-state index < -0.39 is 5.79 Å². The van der Waals surface area contributed by atoms with Gasteiger partial charge in [-0.25, -0.2) is 5.43 Å². The SMILES string of the molecule is C/C(=N\NC(=O)CC1(C)OCCO1)c1oc(C)cc1C. The van der Waals surface area contributed by atoms with Gasteiger partial charge in [-0.2, -0.15) is 5.10 Å². The Bertz CT molecular complexity index is 527. The normalized spacial score (nSPS) is 18.3. The van der Waals surface area contributed by atoms with Crippen LogP contribution in [0.5, 0.6) is 0 Å². The Morgan fingerprint density at radius 3 is 2.60 bits per heavy atom. The second-order valence-electron chi connectivity index (χ2n) is 5.11. The molecule has 6 nitrogen and oxygen atoms in total. The first-order valence-corrected chi connectivity index (χ1v) is 6.58. The molecular formula is C14H20N2O4. The van der Waals surface area contributed by atoms with Gasteiger partial charge in [-0.05, 0) is 39.3 Å². The Labute approximate surface area is 118 Å². The van der Waals surface area contributed by atoms with Crippen molar-refractivity contribution in [2.45, 2.75) is 39.9 Å². The summed E-state index contributed by atoms with van der Waals surface area (Å²) in [6.45, 7) is 8.37. The van der Waals surface area contributed by atoms with E-state index in [2.05, 4.69) is 10.5 Å². The van der Waals surface area contributed by atoms with E-state index in [4.69, 9.17) is 13.9 Å². The highest BCUT2D eigenvalue weighted by Crippen LogP contribution is 2.22. The van der Waals surface area contributed by atoms with Crippen LogP contribution in [-0.2, 0) is 14.3 Å². The van der Waals surface area contributed by atoms with Crippen molar-refractivity contribution in [2.24, 2.45) is 5.10 Å². The monoisotopic (exact) mass is 280 g/mol. The number of ether oxygens (including phenoxy) is 2. The molecule has 1 aromatic rings. The smallest absolute Gasteiger partial charge is 0.245 e. The van der Waals surface area contributed by atoms with Crippen LogP contribution in [0.4, 0.5) is 0 Å². The zero-order valence-corrected chi connectivity index (χ0v) is 12.3. The topological polar surface area (TPSA) is 73.1 Å². The maximum atomic E-state index is 11.8. The van der Waals surface area contributed by atoms with Crippen molar-refractivity contribution >= 4 is 11.6 Å². The Morgan fingerprint density at radius 1 is 1.40 bits per heavy atom. The second-order valence-corrected chi connectivity index (χ2v) is 5.11. The zero-order chi connectivity index (χ0) is 14.8. The molecule has 0 atom stereocenters. The zero-order valence-electron chi connectivity index (χ0n) is 12.3. The Balaban J connectivity index is 1.94. The quantitative estimate of drug-likeness (QED) is 0.675. The minimum atomic E-state index is -0.843. The number of hydrazone groups is 1. The number of nitrogens with zero attached hydrogens (tertiary/aromatic N) is 1. The number of carbonyl (C=O) groups is 1. The van der Waals surface area contributed by atoms with Gasteiger partial charge in [-0.1, -0.05) is 0 Å². The summed E-state index contributed by atoms with van der Waals surface area (Å²) < 4.78 is 16.3. The molecule has 1 amide bonds. The molecule has 2 rings (SSSR count). The first-order chi connectivity index (χ1) is 9.39. The van der Waals surface area contributed by atoms with E-state index in [1.54, 1.807) is 13.8 Å². The largest absolute Gasteiger partial charge is 0.460 e. The predicted octanol–water partition coefficient (Wildman–Crippen LogP) is 1.89. The molecule has 0 radical (unpaired) electrons. The Hall–Kier alpha value is -1.66. The van der Waals surface area contributed by atoms with Crippen LogP contribution in [0, 0.1) is 13.8 Å². The minimum absolute atomic E-state index is 0.111. The lowest BCUT2D eigenvalue weighted by atomic mass is 10.2. The molecule has 0 unspecified atom stereocenters. The molecule has 110 valence electrons. The second kappa shape index (κ2) is 5.76. The number of amides is 1. The number of furan rings is 1. The van der Waals surface area contributed by atoms with E-state index in [-0.39, 0.29) is 12.3 Å². The van der Waals surface area contributed by atoms with E-state index >= 15 is 0 Å². The summed E-state index contributed by atoms with van der Waals surface area (Å²) in [4.78, 5) is 11.8. The van der Waals surface area contributed by atoms with E-state index in [1.807, 2.05) is 19.9 Å². The molecule has 1 aliphatic heterocycles. The minimum Gasteiger partial charge on any atom is -0.460 e. The van der Waals surface area contributed by atoms with Crippen LogP contribution in [0.15, 0.2) is 15.6 Å². The van der Waals surface area contributed by atoms with Crippen molar-refractivity contribution in [3.8, 4) is 0 Å². The van der Waals surface area contributed by atoms with Crippen LogP contribution in [0.25, 0.3) is 0 Å². The van der Waals surface area contributed by atoms with E-state index in [0.717, 1.165) is 11.3 Å². The van der Waals surface area contributed by atoms with Gasteiger partial charge in [0.25, 0.3) is 0 Å². The molecule has 1 saturated heterocycles. The summed E-state index contributed by atoms with van der Waals surface area (Å²) in [6, 6.07) is 1.93. The maximum Gasteiger partial charge on any atom is 0.245 e. The van der Waals surface area contributed by atoms with E-state index in [9.17, 15) is 4.79 Å². The molecule has 2 heterocycles. The summed E-state index contributed by atoms with van der Waals surface area (Å²) in [5.74, 6) is 0.403. The molecule has 0 bridgehead atoms. The molecule has 1 aromatic heterocycles. The molecule has 1 fully saturated rings. The van der Waals surface area contributed by atoms with Gasteiger partial charge < -0.3 is 13.9 Å². The van der Waals surface area contributed by atoms with Crippen LogP contribution in [0.3, 0.4) is 0 Å². The molecule has 1 N–H and O–H groups in total. The van der Waals surface area contributed by atoms with Crippen molar-refractivity contribution < 1.29 is 18.7 Å². The standard InChI is InChI=1S/C14H20N2O4/c1-9-7-10(2)20-13(9)11(3)15-16-12(17)8-14(4)18-5-6-19-14/h7H,5-6,8H2,1-4H3,(H,16,17)/b15-11+. The highest BCUT2D eigenvalue weighted by Gasteiger charge is 2.33. The molecular weight excluding hydrogens is 260 g/mol. The molecule has 6 heteroatoms. The maximum absolute atomic E-state index is 11.8. The Morgan fingerprint density at radius 2 is 2.05 bits per heavy atom. The fourth-order valence-corrected chi connectivity index (χ4v) is 2.19. The number of rotatable bonds is 4. The molecule has 0 spiro atoms. The van der Waals surface area contributed by atoms with Crippen LogP contribution >= 0.6 is 0 Å². The van der Waals surface area contributed by atoms with Crippen molar-refractivity contribution in [3.05, 3.63) is 23.2 Å². The number of aryl methyl sites for hydroxylation is 2. The fourth-order valence-electron chi connectivity index (χ4n) is 2.19. The van der Waals surface area contributed by atoms with Gasteiger partial charge in [-0.15, -0.1) is 0 Å². The van der Waals surface area contributed by atoms with Crippen molar-refractivity contribution in [2.75, 3.05) is 13.2 Å². The van der Waals surface area contributed by atoms with Gasteiger partial charge in [0.15, 0.2) is 11.5 Å². The van der Waals surface area contributed by atoms with Crippen LogP contribution in [-0.4, -0.2) is 30.6 Å². The highest BCUT2D eigenvalue weighted by molar-refractivity contribution is 5.98. The van der Waals surface area contributed by atoms with E-state index in [0.29, 0.717) is 24.7 Å². The summed E-state index contributed by atoms with van der Waals surface area (Å²) >= 11 is 0. The van der Waals surface area contributed by atoms with Crippen LogP contribution < -0.4 is 5.43 Å². The summed E-state index contributed by atoms with van der Waals surface area (Å²) in [6.07, 6.45) is 0.111. The van der Waals surface area contributed by atoms with Gasteiger partial charge in [-0.3, -0.25) is 4.79 Å². The van der Waals surface area contributed by atoms with Crippen molar-refractivity contribution in [1.29, 1.82) is 0 Å². The molecule has 0 aromatic carbocycles. The van der Waals surface area contributed by atoms with Crippen molar-refractivity contribution in [1.82, 2.24) is 5.43 Å². The third-order valence-corrected chi connectivity index (χ3v) is 3.10. The van der Waals surface area contributed by atoms with Gasteiger partial charge >= 0.3 is 0 Å². The fraction of sp³-hybridized carbons (Fsp3) is 0.571. The van der Waals surface area contributed by atoms with Gasteiger partial charge in [0, 0.05) is 0 Å². The molecule has 20 heavy (non-hydrogen) atoms.